The van der Waals surface area contributed by atoms with Crippen molar-refractivity contribution in [2.24, 2.45) is 0 Å². The van der Waals surface area contributed by atoms with Crippen LogP contribution in [0.1, 0.15) is 43.6 Å². The Bertz CT molecular complexity index is 576. The Balaban J connectivity index is 2.62. The Kier molecular flexibility index (Phi) is 3.16. The molecule has 0 atom stereocenters. The monoisotopic (exact) mass is 245 g/mol. The molecule has 0 aliphatic carbocycles. The Labute approximate surface area is 107 Å². The Hall–Kier alpha value is -1.77. The summed E-state index contributed by atoms with van der Waals surface area (Å²) in [5, 5.41) is 0.918. The zero-order chi connectivity index (χ0) is 13.3. The van der Waals surface area contributed by atoms with E-state index in [1.54, 1.807) is 0 Å². The van der Waals surface area contributed by atoms with Gasteiger partial charge in [0.15, 0.2) is 0 Å². The van der Waals surface area contributed by atoms with Crippen LogP contribution in [0.3, 0.4) is 0 Å². The number of fused-ring (bicyclic) bond motifs is 1. The fourth-order valence-electron chi connectivity index (χ4n) is 1.98. The van der Waals surface area contributed by atoms with Crippen LogP contribution in [-0.4, -0.2) is 17.6 Å². The molecule has 0 spiro atoms. The maximum absolute atomic E-state index is 12.0. The predicted octanol–water partition coefficient (Wildman–Crippen LogP) is 3.64. The van der Waals surface area contributed by atoms with Crippen molar-refractivity contribution in [3.8, 4) is 0 Å². The van der Waals surface area contributed by atoms with Crippen LogP contribution >= 0.6 is 0 Å². The first-order chi connectivity index (χ1) is 8.43. The van der Waals surface area contributed by atoms with Crippen molar-refractivity contribution >= 4 is 16.9 Å². The number of hydrogen-bond donors (Lipinski definition) is 1. The molecule has 0 amide bonds. The highest BCUT2D eigenvalue weighted by atomic mass is 16.5. The first kappa shape index (κ1) is 12.7. The molecule has 0 fully saturated rings. The molecule has 2 aromatic rings. The van der Waals surface area contributed by atoms with Gasteiger partial charge in [0.05, 0.1) is 12.2 Å². The summed E-state index contributed by atoms with van der Waals surface area (Å²) in [6.07, 6.45) is 1.85. The zero-order valence-corrected chi connectivity index (χ0v) is 11.3. The molecule has 1 aromatic carbocycles. The largest absolute Gasteiger partial charge is 0.462 e. The van der Waals surface area contributed by atoms with Crippen LogP contribution in [0.15, 0.2) is 24.4 Å². The van der Waals surface area contributed by atoms with Crippen LogP contribution in [0.4, 0.5) is 0 Å². The van der Waals surface area contributed by atoms with Gasteiger partial charge in [-0.2, -0.15) is 0 Å². The molecule has 96 valence electrons. The third-order valence-electron chi connectivity index (χ3n) is 3.03. The van der Waals surface area contributed by atoms with Gasteiger partial charge in [0, 0.05) is 17.1 Å². The summed E-state index contributed by atoms with van der Waals surface area (Å²) in [6, 6.07) is 5.94. The minimum atomic E-state index is -0.256. The molecule has 3 heteroatoms. The summed E-state index contributed by atoms with van der Waals surface area (Å²) in [6.45, 7) is 8.61. The van der Waals surface area contributed by atoms with Gasteiger partial charge in [-0.3, -0.25) is 0 Å². The summed E-state index contributed by atoms with van der Waals surface area (Å²) in [7, 11) is 0. The third-order valence-corrected chi connectivity index (χ3v) is 3.03. The number of H-pyrrole nitrogens is 1. The molecule has 0 saturated heterocycles. The van der Waals surface area contributed by atoms with Gasteiger partial charge in [0.2, 0.25) is 0 Å². The molecule has 1 heterocycles. The molecular weight excluding hydrogens is 226 g/mol. The SMILES string of the molecule is CCOC(=O)c1cc(C(C)(C)C)cc2[nH]ccc12. The summed E-state index contributed by atoms with van der Waals surface area (Å²) >= 11 is 0. The number of esters is 1. The number of aromatic amines is 1. The van der Waals surface area contributed by atoms with Gasteiger partial charge in [-0.25, -0.2) is 4.79 Å². The lowest BCUT2D eigenvalue weighted by atomic mass is 9.85. The van der Waals surface area contributed by atoms with Crippen molar-refractivity contribution in [3.63, 3.8) is 0 Å². The second-order valence-corrected chi connectivity index (χ2v) is 5.43. The predicted molar refractivity (Wildman–Crippen MR) is 73.0 cm³/mol. The van der Waals surface area contributed by atoms with E-state index in [0.717, 1.165) is 16.5 Å². The molecule has 0 saturated carbocycles. The highest BCUT2D eigenvalue weighted by Gasteiger charge is 2.19. The van der Waals surface area contributed by atoms with Gasteiger partial charge in [-0.1, -0.05) is 20.8 Å². The first-order valence-electron chi connectivity index (χ1n) is 6.22. The standard InChI is InChI=1S/C15H19NO2/c1-5-18-14(17)12-8-10(15(2,3)4)9-13-11(12)6-7-16-13/h6-9,16H,5H2,1-4H3. The van der Waals surface area contributed by atoms with Crippen LogP contribution in [-0.2, 0) is 10.2 Å². The van der Waals surface area contributed by atoms with E-state index >= 15 is 0 Å². The molecule has 18 heavy (non-hydrogen) atoms. The third kappa shape index (κ3) is 2.26. The summed E-state index contributed by atoms with van der Waals surface area (Å²) in [4.78, 5) is 15.2. The lowest BCUT2D eigenvalue weighted by Gasteiger charge is -2.20. The van der Waals surface area contributed by atoms with Gasteiger partial charge < -0.3 is 9.72 Å². The van der Waals surface area contributed by atoms with Crippen LogP contribution in [0.2, 0.25) is 0 Å². The zero-order valence-electron chi connectivity index (χ0n) is 11.3. The van der Waals surface area contributed by atoms with Crippen molar-refractivity contribution in [1.82, 2.24) is 4.98 Å². The number of carbonyl (C=O) groups is 1. The number of aromatic nitrogens is 1. The van der Waals surface area contributed by atoms with Crippen molar-refractivity contribution < 1.29 is 9.53 Å². The summed E-state index contributed by atoms with van der Waals surface area (Å²) < 4.78 is 5.12. The van der Waals surface area contributed by atoms with E-state index in [-0.39, 0.29) is 11.4 Å². The summed E-state index contributed by atoms with van der Waals surface area (Å²) in [5.41, 5.74) is 2.74. The average Bonchev–Trinajstić information content (AvgIpc) is 2.74. The Morgan fingerprint density at radius 2 is 2.06 bits per heavy atom. The molecule has 2 rings (SSSR count). The molecule has 0 aliphatic rings. The van der Waals surface area contributed by atoms with Gasteiger partial charge in [-0.05, 0) is 36.1 Å². The van der Waals surface area contributed by atoms with Crippen LogP contribution in [0, 0.1) is 0 Å². The van der Waals surface area contributed by atoms with Gasteiger partial charge in [-0.15, -0.1) is 0 Å². The van der Waals surface area contributed by atoms with Crippen LogP contribution < -0.4 is 0 Å². The van der Waals surface area contributed by atoms with E-state index in [0.29, 0.717) is 12.2 Å². The lowest BCUT2D eigenvalue weighted by molar-refractivity contribution is 0.0528. The Morgan fingerprint density at radius 1 is 1.33 bits per heavy atom. The minimum Gasteiger partial charge on any atom is -0.462 e. The molecule has 1 N–H and O–H groups in total. The highest BCUT2D eigenvalue weighted by Crippen LogP contribution is 2.28. The summed E-state index contributed by atoms with van der Waals surface area (Å²) in [5.74, 6) is -0.256. The second-order valence-electron chi connectivity index (χ2n) is 5.43. The molecule has 0 bridgehead atoms. The normalized spacial score (nSPS) is 11.8. The number of carbonyl (C=O) groups excluding carboxylic acids is 1. The number of hydrogen-bond acceptors (Lipinski definition) is 2. The molecule has 3 nitrogen and oxygen atoms in total. The van der Waals surface area contributed by atoms with Gasteiger partial charge >= 0.3 is 5.97 Å². The Morgan fingerprint density at radius 3 is 2.67 bits per heavy atom. The van der Waals surface area contributed by atoms with Crippen molar-refractivity contribution in [3.05, 3.63) is 35.5 Å². The van der Waals surface area contributed by atoms with Crippen molar-refractivity contribution in [2.45, 2.75) is 33.1 Å². The first-order valence-corrected chi connectivity index (χ1v) is 6.22. The van der Waals surface area contributed by atoms with E-state index in [9.17, 15) is 4.79 Å². The fraction of sp³-hybridized carbons (Fsp3) is 0.400. The van der Waals surface area contributed by atoms with E-state index in [1.165, 1.54) is 0 Å². The molecule has 0 radical (unpaired) electrons. The number of nitrogens with one attached hydrogen (secondary N) is 1. The maximum Gasteiger partial charge on any atom is 0.338 e. The quantitative estimate of drug-likeness (QED) is 0.821. The van der Waals surface area contributed by atoms with Crippen LogP contribution in [0.5, 0.6) is 0 Å². The number of rotatable bonds is 2. The molecule has 0 aliphatic heterocycles. The number of benzene rings is 1. The van der Waals surface area contributed by atoms with Gasteiger partial charge in [0.25, 0.3) is 0 Å². The average molecular weight is 245 g/mol. The number of ether oxygens (including phenoxy) is 1. The van der Waals surface area contributed by atoms with E-state index in [2.05, 4.69) is 31.8 Å². The molecule has 1 aromatic heterocycles. The second kappa shape index (κ2) is 4.48. The van der Waals surface area contributed by atoms with Crippen molar-refractivity contribution in [2.75, 3.05) is 6.61 Å². The lowest BCUT2D eigenvalue weighted by Crippen LogP contribution is -2.13. The van der Waals surface area contributed by atoms with Gasteiger partial charge in [0.1, 0.15) is 0 Å². The highest BCUT2D eigenvalue weighted by molar-refractivity contribution is 6.04. The van der Waals surface area contributed by atoms with E-state index in [4.69, 9.17) is 4.74 Å². The maximum atomic E-state index is 12.0. The van der Waals surface area contributed by atoms with Crippen molar-refractivity contribution in [1.29, 1.82) is 0 Å². The minimum absolute atomic E-state index is 0.000540. The topological polar surface area (TPSA) is 42.1 Å². The van der Waals surface area contributed by atoms with E-state index in [1.807, 2.05) is 25.3 Å². The fourth-order valence-corrected chi connectivity index (χ4v) is 1.98. The van der Waals surface area contributed by atoms with Crippen LogP contribution in [0.25, 0.3) is 10.9 Å². The molecular formula is C15H19NO2. The van der Waals surface area contributed by atoms with E-state index < -0.39 is 0 Å². The molecule has 0 unspecified atom stereocenters. The smallest absolute Gasteiger partial charge is 0.338 e.